The Morgan fingerprint density at radius 3 is 1.37 bits per heavy atom. The van der Waals surface area contributed by atoms with Crippen molar-refractivity contribution in [3.05, 3.63) is 124 Å². The highest BCUT2D eigenvalue weighted by atomic mass is 79.9. The molecule has 0 spiro atoms. The van der Waals surface area contributed by atoms with Gasteiger partial charge in [0.05, 0.1) is 0 Å². The average molecular weight is 581 g/mol. The molecule has 0 aliphatic heterocycles. The van der Waals surface area contributed by atoms with Gasteiger partial charge in [0, 0.05) is 52.7 Å². The SMILES string of the molecule is CC.CC.Cc1ccc(C=O)cn1.O=Cc1ccc(Br)nc1.O=Cc1ccccc1.O=Cc1cccnc1. The van der Waals surface area contributed by atoms with E-state index in [9.17, 15) is 19.2 Å². The number of aromatic nitrogens is 3. The summed E-state index contributed by atoms with van der Waals surface area (Å²) in [7, 11) is 0. The van der Waals surface area contributed by atoms with E-state index in [1.165, 1.54) is 12.4 Å². The zero-order chi connectivity index (χ0) is 29.0. The van der Waals surface area contributed by atoms with E-state index in [1.54, 1.807) is 54.9 Å². The third-order valence-corrected chi connectivity index (χ3v) is 4.18. The average Bonchev–Trinajstić information content (AvgIpc) is 3.02. The van der Waals surface area contributed by atoms with Crippen LogP contribution in [0, 0.1) is 6.92 Å². The molecule has 0 amide bonds. The number of halogens is 1. The molecule has 0 saturated carbocycles. The molecule has 7 nitrogen and oxygen atoms in total. The highest BCUT2D eigenvalue weighted by molar-refractivity contribution is 9.10. The van der Waals surface area contributed by atoms with Crippen LogP contribution in [0.2, 0.25) is 0 Å². The van der Waals surface area contributed by atoms with Crippen molar-refractivity contribution in [3.63, 3.8) is 0 Å². The van der Waals surface area contributed by atoms with Gasteiger partial charge in [-0.2, -0.15) is 0 Å². The fourth-order valence-electron chi connectivity index (χ4n) is 1.98. The number of aryl methyl sites for hydroxylation is 1. The molecule has 3 heterocycles. The third-order valence-electron chi connectivity index (χ3n) is 3.71. The van der Waals surface area contributed by atoms with E-state index in [2.05, 4.69) is 30.9 Å². The molecule has 4 aromatic rings. The standard InChI is InChI=1S/C7H7NO.C7H6O.C6H4BrNO.C6H5NO.2C2H6/c1-6-2-3-7(5-9)4-8-6;8-6-7-4-2-1-3-5-7;7-6-2-1-5(4-9)3-8-6;8-5-6-2-1-3-7-4-6;2*1-2/h2-5H,1H3;1-6H;1-4H;1-5H;2*1-2H3. The monoisotopic (exact) mass is 579 g/mol. The molecule has 3 aromatic heterocycles. The van der Waals surface area contributed by atoms with Crippen molar-refractivity contribution in [1.29, 1.82) is 0 Å². The van der Waals surface area contributed by atoms with Crippen LogP contribution in [0.5, 0.6) is 0 Å². The van der Waals surface area contributed by atoms with Gasteiger partial charge >= 0.3 is 0 Å². The minimum absolute atomic E-state index is 0.596. The van der Waals surface area contributed by atoms with E-state index in [0.717, 1.165) is 41.0 Å². The number of rotatable bonds is 4. The molecule has 0 saturated heterocycles. The molecule has 0 aliphatic rings. The van der Waals surface area contributed by atoms with Crippen LogP contribution in [0.1, 0.15) is 74.8 Å². The number of benzene rings is 1. The first-order valence-electron chi connectivity index (χ1n) is 11.8. The van der Waals surface area contributed by atoms with Crippen LogP contribution in [-0.2, 0) is 0 Å². The second-order valence-electron chi connectivity index (χ2n) is 6.32. The highest BCUT2D eigenvalue weighted by Gasteiger charge is 1.88. The number of hydrogen-bond donors (Lipinski definition) is 0. The van der Waals surface area contributed by atoms with Crippen molar-refractivity contribution in [2.24, 2.45) is 0 Å². The Morgan fingerprint density at radius 1 is 0.553 bits per heavy atom. The smallest absolute Gasteiger partial charge is 0.151 e. The van der Waals surface area contributed by atoms with Crippen molar-refractivity contribution < 1.29 is 19.2 Å². The molecule has 4 rings (SSSR count). The fourth-order valence-corrected chi connectivity index (χ4v) is 2.22. The number of nitrogens with zero attached hydrogens (tertiary/aromatic N) is 3. The van der Waals surface area contributed by atoms with E-state index in [-0.39, 0.29) is 0 Å². The van der Waals surface area contributed by atoms with Gasteiger partial charge in [0.1, 0.15) is 10.9 Å². The Morgan fingerprint density at radius 2 is 1.03 bits per heavy atom. The molecule has 1 aromatic carbocycles. The lowest BCUT2D eigenvalue weighted by molar-refractivity contribution is 0.111. The Balaban J connectivity index is 0. The summed E-state index contributed by atoms with van der Waals surface area (Å²) < 4.78 is 0.744. The zero-order valence-corrected chi connectivity index (χ0v) is 23.9. The first kappa shape index (κ1) is 36.0. The van der Waals surface area contributed by atoms with Crippen molar-refractivity contribution >= 4 is 41.1 Å². The lowest BCUT2D eigenvalue weighted by atomic mass is 10.2. The van der Waals surface area contributed by atoms with Gasteiger partial charge in [-0.05, 0) is 59.3 Å². The Hall–Kier alpha value is -4.17. The molecular weight excluding hydrogens is 546 g/mol. The summed E-state index contributed by atoms with van der Waals surface area (Å²) in [5.74, 6) is 0. The van der Waals surface area contributed by atoms with Crippen molar-refractivity contribution in [3.8, 4) is 0 Å². The molecule has 0 bridgehead atoms. The minimum atomic E-state index is 0.596. The summed E-state index contributed by atoms with van der Waals surface area (Å²) in [6, 6.07) is 19.5. The summed E-state index contributed by atoms with van der Waals surface area (Å²) in [5.41, 5.74) is 3.50. The predicted molar refractivity (Wildman–Crippen MR) is 156 cm³/mol. The quantitative estimate of drug-likeness (QED) is 0.184. The molecule has 8 heteroatoms. The van der Waals surface area contributed by atoms with Crippen molar-refractivity contribution in [2.45, 2.75) is 34.6 Å². The van der Waals surface area contributed by atoms with E-state index in [1.807, 2.05) is 58.9 Å². The van der Waals surface area contributed by atoms with Crippen LogP contribution >= 0.6 is 15.9 Å². The van der Waals surface area contributed by atoms with Crippen molar-refractivity contribution in [1.82, 2.24) is 15.0 Å². The van der Waals surface area contributed by atoms with Gasteiger partial charge in [-0.3, -0.25) is 29.1 Å². The van der Waals surface area contributed by atoms with E-state index in [4.69, 9.17) is 0 Å². The number of carbonyl (C=O) groups is 4. The maximum absolute atomic E-state index is 10.1. The van der Waals surface area contributed by atoms with Crippen LogP contribution in [0.3, 0.4) is 0 Å². The van der Waals surface area contributed by atoms with E-state index < -0.39 is 0 Å². The Bertz CT molecular complexity index is 1030. The minimum Gasteiger partial charge on any atom is -0.298 e. The highest BCUT2D eigenvalue weighted by Crippen LogP contribution is 2.03. The van der Waals surface area contributed by atoms with Gasteiger partial charge in [0.15, 0.2) is 18.9 Å². The maximum Gasteiger partial charge on any atom is 0.151 e. The Labute approximate surface area is 233 Å². The normalized spacial score (nSPS) is 8.16. The van der Waals surface area contributed by atoms with Crippen LogP contribution in [0.25, 0.3) is 0 Å². The Kier molecular flexibility index (Phi) is 24.5. The number of hydrogen-bond acceptors (Lipinski definition) is 7. The number of aldehydes is 4. The summed E-state index contributed by atoms with van der Waals surface area (Å²) in [4.78, 5) is 51.6. The molecule has 38 heavy (non-hydrogen) atoms. The second kappa shape index (κ2) is 25.9. The van der Waals surface area contributed by atoms with Crippen LogP contribution in [-0.4, -0.2) is 40.1 Å². The van der Waals surface area contributed by atoms with Crippen LogP contribution in [0.15, 0.2) is 96.1 Å². The largest absolute Gasteiger partial charge is 0.298 e. The number of carbonyl (C=O) groups excluding carboxylic acids is 4. The molecule has 0 radical (unpaired) electrons. The molecule has 0 atom stereocenters. The summed E-state index contributed by atoms with van der Waals surface area (Å²) >= 11 is 3.15. The third kappa shape index (κ3) is 19.1. The first-order valence-corrected chi connectivity index (χ1v) is 12.6. The molecule has 0 unspecified atom stereocenters. The van der Waals surface area contributed by atoms with Gasteiger partial charge in [-0.25, -0.2) is 4.98 Å². The molecule has 0 N–H and O–H groups in total. The summed E-state index contributed by atoms with van der Waals surface area (Å²) in [6.07, 6.45) is 9.37. The summed E-state index contributed by atoms with van der Waals surface area (Å²) in [6.45, 7) is 9.88. The van der Waals surface area contributed by atoms with Gasteiger partial charge in [-0.1, -0.05) is 58.0 Å². The molecule has 200 valence electrons. The van der Waals surface area contributed by atoms with Gasteiger partial charge in [-0.15, -0.1) is 0 Å². The lowest BCUT2D eigenvalue weighted by Gasteiger charge is -1.88. The maximum atomic E-state index is 10.1. The predicted octanol–water partition coefficient (Wildman–Crippen LogP) is 7.30. The van der Waals surface area contributed by atoms with Crippen LogP contribution in [0.4, 0.5) is 0 Å². The number of pyridine rings is 3. The van der Waals surface area contributed by atoms with Gasteiger partial charge in [0.2, 0.25) is 0 Å². The molecular formula is C30H34BrN3O4. The topological polar surface area (TPSA) is 107 Å². The molecule has 0 aliphatic carbocycles. The molecule has 0 fully saturated rings. The van der Waals surface area contributed by atoms with Crippen molar-refractivity contribution in [2.75, 3.05) is 0 Å². The first-order chi connectivity index (χ1) is 18.5. The van der Waals surface area contributed by atoms with Crippen LogP contribution < -0.4 is 0 Å². The van der Waals surface area contributed by atoms with E-state index >= 15 is 0 Å². The fraction of sp³-hybridized carbons (Fsp3) is 0.167. The summed E-state index contributed by atoms with van der Waals surface area (Å²) in [5, 5.41) is 0. The lowest BCUT2D eigenvalue weighted by Crippen LogP contribution is -1.82. The van der Waals surface area contributed by atoms with E-state index in [0.29, 0.717) is 16.7 Å². The van der Waals surface area contributed by atoms with Gasteiger partial charge in [0.25, 0.3) is 0 Å². The second-order valence-corrected chi connectivity index (χ2v) is 7.13. The zero-order valence-electron chi connectivity index (χ0n) is 22.3. The van der Waals surface area contributed by atoms with Gasteiger partial charge < -0.3 is 0 Å².